The first-order chi connectivity index (χ1) is 8.26. The van der Waals surface area contributed by atoms with Crippen LogP contribution in [-0.4, -0.2) is 5.78 Å². The molecule has 2 atom stereocenters. The predicted octanol–water partition coefficient (Wildman–Crippen LogP) is 3.20. The Bertz CT molecular complexity index is 479. The summed E-state index contributed by atoms with van der Waals surface area (Å²) in [4.78, 5) is 12.0. The van der Waals surface area contributed by atoms with Crippen LogP contribution in [0.4, 0.5) is 0 Å². The number of carbonyl (C=O) groups excluding carboxylic acids is 1. The number of rotatable bonds is 2. The van der Waals surface area contributed by atoms with Crippen LogP contribution in [0.3, 0.4) is 0 Å². The van der Waals surface area contributed by atoms with Gasteiger partial charge >= 0.3 is 0 Å². The van der Waals surface area contributed by atoms with E-state index >= 15 is 0 Å². The molecule has 0 radical (unpaired) electrons. The number of benzene rings is 1. The van der Waals surface area contributed by atoms with Gasteiger partial charge < -0.3 is 0 Å². The third kappa shape index (κ3) is 2.29. The molecule has 1 unspecified atom stereocenters. The Morgan fingerprint density at radius 3 is 2.65 bits per heavy atom. The van der Waals surface area contributed by atoms with E-state index in [0.717, 1.165) is 12.0 Å². The van der Waals surface area contributed by atoms with Crippen molar-refractivity contribution in [1.82, 2.24) is 0 Å². The lowest BCUT2D eigenvalue weighted by atomic mass is 9.77. The highest BCUT2D eigenvalue weighted by Crippen LogP contribution is 2.33. The van der Waals surface area contributed by atoms with Crippen LogP contribution in [0.5, 0.6) is 0 Å². The number of nitrogens with zero attached hydrogens (tertiary/aromatic N) is 1. The van der Waals surface area contributed by atoms with E-state index in [1.807, 2.05) is 18.2 Å². The van der Waals surface area contributed by atoms with Crippen LogP contribution < -0.4 is 0 Å². The molecular formula is C15H15NO. The summed E-state index contributed by atoms with van der Waals surface area (Å²) in [6.45, 7) is 2.10. The Kier molecular flexibility index (Phi) is 3.39. The second-order valence-electron chi connectivity index (χ2n) is 4.38. The largest absolute Gasteiger partial charge is 0.299 e. The third-order valence-corrected chi connectivity index (χ3v) is 3.35. The molecule has 0 N–H and O–H groups in total. The summed E-state index contributed by atoms with van der Waals surface area (Å²) < 4.78 is 0. The summed E-state index contributed by atoms with van der Waals surface area (Å²) in [5, 5.41) is 8.76. The monoisotopic (exact) mass is 225 g/mol. The van der Waals surface area contributed by atoms with Crippen molar-refractivity contribution in [1.29, 1.82) is 5.26 Å². The summed E-state index contributed by atoms with van der Waals surface area (Å²) in [5.74, 6) is 0.547. The Morgan fingerprint density at radius 1 is 1.35 bits per heavy atom. The van der Waals surface area contributed by atoms with Crippen LogP contribution in [0, 0.1) is 17.2 Å². The zero-order valence-corrected chi connectivity index (χ0v) is 9.89. The summed E-state index contributed by atoms with van der Waals surface area (Å²) in [5.41, 5.74) is 1.67. The van der Waals surface area contributed by atoms with Crippen LogP contribution in [0.15, 0.2) is 36.4 Å². The molecule has 1 aromatic rings. The molecule has 2 rings (SSSR count). The minimum absolute atomic E-state index is 0.0299. The summed E-state index contributed by atoms with van der Waals surface area (Å²) >= 11 is 0. The zero-order chi connectivity index (χ0) is 12.3. The molecule has 0 amide bonds. The van der Waals surface area contributed by atoms with E-state index < -0.39 is 0 Å². The quantitative estimate of drug-likeness (QED) is 0.725. The van der Waals surface area contributed by atoms with Gasteiger partial charge in [0.05, 0.1) is 11.6 Å². The van der Waals surface area contributed by atoms with Crippen LogP contribution in [0.25, 0.3) is 0 Å². The second kappa shape index (κ2) is 4.97. The van der Waals surface area contributed by atoms with Gasteiger partial charge in [0, 0.05) is 12.3 Å². The average molecular weight is 225 g/mol. The SMILES string of the molecule is CC[C@@H]1C=CCC(=O)C1c1ccc(C#N)cc1. The number of nitriles is 1. The van der Waals surface area contributed by atoms with Gasteiger partial charge in [-0.2, -0.15) is 5.26 Å². The number of carbonyl (C=O) groups is 1. The van der Waals surface area contributed by atoms with E-state index in [0.29, 0.717) is 17.9 Å². The molecule has 0 bridgehead atoms. The zero-order valence-electron chi connectivity index (χ0n) is 9.89. The lowest BCUT2D eigenvalue weighted by Crippen LogP contribution is -2.22. The molecule has 2 heteroatoms. The summed E-state index contributed by atoms with van der Waals surface area (Å²) in [6.07, 6.45) is 5.61. The molecule has 86 valence electrons. The third-order valence-electron chi connectivity index (χ3n) is 3.35. The molecule has 0 aromatic heterocycles. The van der Waals surface area contributed by atoms with Crippen molar-refractivity contribution >= 4 is 5.78 Å². The van der Waals surface area contributed by atoms with Gasteiger partial charge in [0.15, 0.2) is 0 Å². The molecule has 0 aliphatic heterocycles. The molecular weight excluding hydrogens is 210 g/mol. The van der Waals surface area contributed by atoms with E-state index in [2.05, 4.69) is 19.1 Å². The molecule has 0 fully saturated rings. The lowest BCUT2D eigenvalue weighted by Gasteiger charge is -2.25. The average Bonchev–Trinajstić information content (AvgIpc) is 2.38. The van der Waals surface area contributed by atoms with E-state index in [1.54, 1.807) is 12.1 Å². The Balaban J connectivity index is 2.33. The van der Waals surface area contributed by atoms with Gasteiger partial charge in [0.2, 0.25) is 0 Å². The first-order valence-electron chi connectivity index (χ1n) is 5.95. The predicted molar refractivity (Wildman–Crippen MR) is 66.4 cm³/mol. The standard InChI is InChI=1S/C15H15NO/c1-2-12-4-3-5-14(17)15(12)13-8-6-11(10-16)7-9-13/h3-4,6-9,12,15H,2,5H2,1H3/t12-,15?/m1/s1. The normalized spacial score (nSPS) is 23.4. The number of hydrogen-bond acceptors (Lipinski definition) is 2. The molecule has 17 heavy (non-hydrogen) atoms. The van der Waals surface area contributed by atoms with E-state index in [4.69, 9.17) is 5.26 Å². The molecule has 1 aromatic carbocycles. The topological polar surface area (TPSA) is 40.9 Å². The van der Waals surface area contributed by atoms with Crippen LogP contribution >= 0.6 is 0 Å². The van der Waals surface area contributed by atoms with Crippen molar-refractivity contribution in [2.24, 2.45) is 5.92 Å². The second-order valence-corrected chi connectivity index (χ2v) is 4.38. The Hall–Kier alpha value is -1.88. The van der Waals surface area contributed by atoms with Gasteiger partial charge in [-0.3, -0.25) is 4.79 Å². The van der Waals surface area contributed by atoms with Crippen molar-refractivity contribution in [3.63, 3.8) is 0 Å². The van der Waals surface area contributed by atoms with E-state index in [9.17, 15) is 4.79 Å². The van der Waals surface area contributed by atoms with Crippen LogP contribution in [-0.2, 0) is 4.79 Å². The van der Waals surface area contributed by atoms with Gasteiger partial charge in [0.1, 0.15) is 5.78 Å². The smallest absolute Gasteiger partial charge is 0.144 e. The van der Waals surface area contributed by atoms with Gasteiger partial charge in [-0.25, -0.2) is 0 Å². The van der Waals surface area contributed by atoms with Gasteiger partial charge in [-0.15, -0.1) is 0 Å². The summed E-state index contributed by atoms with van der Waals surface area (Å²) in [7, 11) is 0. The fourth-order valence-corrected chi connectivity index (χ4v) is 2.41. The first kappa shape index (κ1) is 11.6. The molecule has 1 aliphatic carbocycles. The molecule has 2 nitrogen and oxygen atoms in total. The van der Waals surface area contributed by atoms with Crippen molar-refractivity contribution < 1.29 is 4.79 Å². The Morgan fingerprint density at radius 2 is 2.06 bits per heavy atom. The molecule has 0 heterocycles. The fraction of sp³-hybridized carbons (Fsp3) is 0.333. The fourth-order valence-electron chi connectivity index (χ4n) is 2.41. The van der Waals surface area contributed by atoms with Gasteiger partial charge in [0.25, 0.3) is 0 Å². The van der Waals surface area contributed by atoms with Crippen LogP contribution in [0.2, 0.25) is 0 Å². The number of ketones is 1. The van der Waals surface area contributed by atoms with E-state index in [1.165, 1.54) is 0 Å². The highest BCUT2D eigenvalue weighted by atomic mass is 16.1. The maximum atomic E-state index is 12.0. The van der Waals surface area contributed by atoms with Gasteiger partial charge in [-0.05, 0) is 30.0 Å². The molecule has 1 aliphatic rings. The van der Waals surface area contributed by atoms with Crippen molar-refractivity contribution in [3.05, 3.63) is 47.5 Å². The van der Waals surface area contributed by atoms with Gasteiger partial charge in [-0.1, -0.05) is 31.2 Å². The lowest BCUT2D eigenvalue weighted by molar-refractivity contribution is -0.120. The van der Waals surface area contributed by atoms with Crippen LogP contribution in [0.1, 0.15) is 36.8 Å². The van der Waals surface area contributed by atoms with Crippen molar-refractivity contribution in [2.45, 2.75) is 25.7 Å². The maximum absolute atomic E-state index is 12.0. The summed E-state index contributed by atoms with van der Waals surface area (Å²) in [6, 6.07) is 9.48. The van der Waals surface area contributed by atoms with Crippen molar-refractivity contribution in [3.8, 4) is 6.07 Å². The first-order valence-corrected chi connectivity index (χ1v) is 5.95. The van der Waals surface area contributed by atoms with Crippen molar-refractivity contribution in [2.75, 3.05) is 0 Å². The highest BCUT2D eigenvalue weighted by Gasteiger charge is 2.28. The molecule has 0 saturated heterocycles. The molecule has 0 saturated carbocycles. The maximum Gasteiger partial charge on any atom is 0.144 e. The number of Topliss-reactive ketones (excluding diaryl/α,β-unsaturated/α-hetero) is 1. The minimum Gasteiger partial charge on any atom is -0.299 e. The minimum atomic E-state index is -0.0299. The van der Waals surface area contributed by atoms with E-state index in [-0.39, 0.29) is 11.7 Å². The molecule has 0 spiro atoms. The number of hydrogen-bond donors (Lipinski definition) is 0. The Labute approximate surface area is 102 Å². The number of allylic oxidation sites excluding steroid dienone is 2. The highest BCUT2D eigenvalue weighted by molar-refractivity contribution is 5.88.